The Morgan fingerprint density at radius 2 is 2.03 bits per heavy atom. The molecule has 1 fully saturated rings. The average Bonchev–Trinajstić information content (AvgIpc) is 3.45. The number of rotatable bonds is 6. The van der Waals surface area contributed by atoms with Crippen LogP contribution in [0.5, 0.6) is 0 Å². The van der Waals surface area contributed by atoms with Crippen molar-refractivity contribution in [1.29, 1.82) is 5.26 Å². The summed E-state index contributed by atoms with van der Waals surface area (Å²) in [6.07, 6.45) is 2.83. The quantitative estimate of drug-likeness (QED) is 0.542. The first-order chi connectivity index (χ1) is 16.3. The van der Waals surface area contributed by atoms with E-state index in [1.807, 2.05) is 30.3 Å². The lowest BCUT2D eigenvalue weighted by atomic mass is 10.1. The molecule has 174 valence electrons. The highest BCUT2D eigenvalue weighted by molar-refractivity contribution is 6.30. The number of para-hydroxylation sites is 1. The average molecular weight is 481 g/mol. The molecule has 4 rings (SSSR count). The molecule has 0 saturated carbocycles. The van der Waals surface area contributed by atoms with E-state index in [2.05, 4.69) is 5.32 Å². The summed E-state index contributed by atoms with van der Waals surface area (Å²) in [6.45, 7) is 1.76. The second kappa shape index (κ2) is 9.65. The van der Waals surface area contributed by atoms with Gasteiger partial charge in [-0.25, -0.2) is 4.39 Å². The molecule has 1 aliphatic heterocycles. The molecule has 1 atom stereocenters. The van der Waals surface area contributed by atoms with Gasteiger partial charge in [0.25, 0.3) is 0 Å². The van der Waals surface area contributed by atoms with Gasteiger partial charge < -0.3 is 14.8 Å². The second-order valence-electron chi connectivity index (χ2n) is 8.25. The van der Waals surface area contributed by atoms with Crippen LogP contribution in [-0.2, 0) is 22.7 Å². The number of hydrogen-bond acceptors (Lipinski definition) is 4. The summed E-state index contributed by atoms with van der Waals surface area (Å²) in [5.74, 6) is -1.42. The maximum absolute atomic E-state index is 14.3. The zero-order chi connectivity index (χ0) is 24.4. The van der Waals surface area contributed by atoms with Crippen molar-refractivity contribution in [3.63, 3.8) is 0 Å². The van der Waals surface area contributed by atoms with E-state index in [1.54, 1.807) is 10.8 Å². The predicted octanol–water partition coefficient (Wildman–Crippen LogP) is 3.82. The van der Waals surface area contributed by atoms with Gasteiger partial charge in [0.1, 0.15) is 18.4 Å². The molecular weight excluding hydrogens is 459 g/mol. The lowest BCUT2D eigenvalue weighted by molar-refractivity contribution is -0.138. The molecule has 2 amide bonds. The Morgan fingerprint density at radius 3 is 2.76 bits per heavy atom. The van der Waals surface area contributed by atoms with Crippen molar-refractivity contribution in [2.75, 3.05) is 6.54 Å². The van der Waals surface area contributed by atoms with E-state index in [-0.39, 0.29) is 40.9 Å². The molecule has 9 heteroatoms. The number of halogens is 2. The molecular formula is C25H22ClFN4O3. The summed E-state index contributed by atoms with van der Waals surface area (Å²) >= 11 is 5.83. The van der Waals surface area contributed by atoms with Crippen LogP contribution >= 0.6 is 11.6 Å². The zero-order valence-corrected chi connectivity index (χ0v) is 19.2. The van der Waals surface area contributed by atoms with Gasteiger partial charge in [-0.15, -0.1) is 0 Å². The minimum absolute atomic E-state index is 0.00791. The SMILES string of the molecule is CC(=O)c1cn(CC(=O)N2CCC[C@H]2C(=O)NCc2cc(C#N)cc(Cl)c2F)c2ccccc12. The van der Waals surface area contributed by atoms with Gasteiger partial charge in [0, 0.05) is 41.3 Å². The predicted molar refractivity (Wildman–Crippen MR) is 125 cm³/mol. The number of hydrogen-bond donors (Lipinski definition) is 1. The Kier molecular flexibility index (Phi) is 6.66. The third-order valence-electron chi connectivity index (χ3n) is 6.04. The largest absolute Gasteiger partial charge is 0.350 e. The van der Waals surface area contributed by atoms with Crippen molar-refractivity contribution in [2.24, 2.45) is 0 Å². The number of aromatic nitrogens is 1. The minimum atomic E-state index is -0.693. The number of carbonyl (C=O) groups excluding carboxylic acids is 3. The third-order valence-corrected chi connectivity index (χ3v) is 6.31. The molecule has 7 nitrogen and oxygen atoms in total. The number of nitriles is 1. The molecule has 2 aromatic carbocycles. The smallest absolute Gasteiger partial charge is 0.243 e. The van der Waals surface area contributed by atoms with Crippen LogP contribution < -0.4 is 5.32 Å². The Labute approximate surface area is 200 Å². The Bertz CT molecular complexity index is 1340. The van der Waals surface area contributed by atoms with Gasteiger partial charge in [-0.2, -0.15) is 5.26 Å². The maximum Gasteiger partial charge on any atom is 0.243 e. The molecule has 0 radical (unpaired) electrons. The van der Waals surface area contributed by atoms with Crippen molar-refractivity contribution >= 4 is 40.1 Å². The van der Waals surface area contributed by atoms with Gasteiger partial charge in [-0.05, 0) is 38.0 Å². The van der Waals surface area contributed by atoms with E-state index in [9.17, 15) is 18.8 Å². The molecule has 1 aromatic heterocycles. The lowest BCUT2D eigenvalue weighted by Crippen LogP contribution is -2.46. The van der Waals surface area contributed by atoms with E-state index >= 15 is 0 Å². The van der Waals surface area contributed by atoms with Crippen LogP contribution in [0.3, 0.4) is 0 Å². The highest BCUT2D eigenvalue weighted by Crippen LogP contribution is 2.24. The molecule has 0 unspecified atom stereocenters. The fourth-order valence-corrected chi connectivity index (χ4v) is 4.61. The van der Waals surface area contributed by atoms with E-state index in [0.717, 1.165) is 10.9 Å². The Balaban J connectivity index is 1.48. The fourth-order valence-electron chi connectivity index (χ4n) is 4.37. The van der Waals surface area contributed by atoms with Gasteiger partial charge in [-0.3, -0.25) is 14.4 Å². The third kappa shape index (κ3) is 4.52. The summed E-state index contributed by atoms with van der Waals surface area (Å²) in [6, 6.07) is 11.1. The van der Waals surface area contributed by atoms with Crippen molar-refractivity contribution in [2.45, 2.75) is 38.9 Å². The van der Waals surface area contributed by atoms with Gasteiger partial charge in [0.15, 0.2) is 5.78 Å². The number of ketones is 1. The molecule has 1 aliphatic rings. The number of nitrogens with one attached hydrogen (secondary N) is 1. The minimum Gasteiger partial charge on any atom is -0.350 e. The summed E-state index contributed by atoms with van der Waals surface area (Å²) < 4.78 is 16.0. The molecule has 2 heterocycles. The summed E-state index contributed by atoms with van der Waals surface area (Å²) in [4.78, 5) is 39.5. The Hall–Kier alpha value is -3.70. The van der Waals surface area contributed by atoms with E-state index in [4.69, 9.17) is 16.9 Å². The first-order valence-electron chi connectivity index (χ1n) is 10.8. The first-order valence-corrected chi connectivity index (χ1v) is 11.2. The molecule has 1 saturated heterocycles. The highest BCUT2D eigenvalue weighted by atomic mass is 35.5. The number of benzene rings is 2. The van der Waals surface area contributed by atoms with Gasteiger partial charge in [0.05, 0.1) is 16.7 Å². The fraction of sp³-hybridized carbons (Fsp3) is 0.280. The van der Waals surface area contributed by atoms with Crippen LogP contribution in [0.2, 0.25) is 5.02 Å². The number of amides is 2. The van der Waals surface area contributed by atoms with Crippen LogP contribution in [0.25, 0.3) is 10.9 Å². The maximum atomic E-state index is 14.3. The Morgan fingerprint density at radius 1 is 1.26 bits per heavy atom. The van der Waals surface area contributed by atoms with Crippen LogP contribution in [-0.4, -0.2) is 39.7 Å². The van der Waals surface area contributed by atoms with Gasteiger partial charge in [0.2, 0.25) is 11.8 Å². The van der Waals surface area contributed by atoms with Gasteiger partial charge in [-0.1, -0.05) is 29.8 Å². The van der Waals surface area contributed by atoms with Crippen molar-refractivity contribution in [3.05, 3.63) is 70.1 Å². The van der Waals surface area contributed by atoms with Crippen molar-refractivity contribution in [3.8, 4) is 6.07 Å². The lowest BCUT2D eigenvalue weighted by Gasteiger charge is -2.24. The van der Waals surface area contributed by atoms with Crippen molar-refractivity contribution < 1.29 is 18.8 Å². The number of fused-ring (bicyclic) bond motifs is 1. The highest BCUT2D eigenvalue weighted by Gasteiger charge is 2.34. The molecule has 0 aliphatic carbocycles. The molecule has 34 heavy (non-hydrogen) atoms. The standard InChI is InChI=1S/C25H22ClFN4O3/c1-15(32)19-13-30(21-6-3-2-5-18(19)21)14-23(33)31-8-4-7-22(31)25(34)29-12-17-9-16(11-28)10-20(26)24(17)27/h2-3,5-6,9-10,13,22H,4,7-8,12,14H2,1H3,(H,29,34)/t22-/m0/s1. The molecule has 3 aromatic rings. The van der Waals surface area contributed by atoms with E-state index in [1.165, 1.54) is 24.0 Å². The monoisotopic (exact) mass is 480 g/mol. The molecule has 0 bridgehead atoms. The second-order valence-corrected chi connectivity index (χ2v) is 8.66. The van der Waals surface area contributed by atoms with E-state index < -0.39 is 17.8 Å². The van der Waals surface area contributed by atoms with Crippen molar-refractivity contribution in [1.82, 2.24) is 14.8 Å². The molecule has 0 spiro atoms. The van der Waals surface area contributed by atoms with Crippen LogP contribution in [0.15, 0.2) is 42.6 Å². The summed E-state index contributed by atoms with van der Waals surface area (Å²) in [5, 5.41) is 12.3. The van der Waals surface area contributed by atoms with Crippen LogP contribution in [0.4, 0.5) is 4.39 Å². The van der Waals surface area contributed by atoms with Crippen LogP contribution in [0, 0.1) is 17.1 Å². The first kappa shape index (κ1) is 23.5. The van der Waals surface area contributed by atoms with Crippen LogP contribution in [0.1, 0.15) is 41.3 Å². The summed E-state index contributed by atoms with van der Waals surface area (Å²) in [5.41, 5.74) is 1.60. The summed E-state index contributed by atoms with van der Waals surface area (Å²) in [7, 11) is 0. The molecule has 1 N–H and O–H groups in total. The van der Waals surface area contributed by atoms with E-state index in [0.29, 0.717) is 24.9 Å². The topological polar surface area (TPSA) is 95.2 Å². The van der Waals surface area contributed by atoms with Gasteiger partial charge >= 0.3 is 0 Å². The number of likely N-dealkylation sites (tertiary alicyclic amines) is 1. The number of nitrogens with zero attached hydrogens (tertiary/aromatic N) is 3. The number of Topliss-reactive ketones (excluding diaryl/α,β-unsaturated/α-hetero) is 1. The zero-order valence-electron chi connectivity index (χ0n) is 18.5. The normalized spacial score (nSPS) is 15.4. The number of carbonyl (C=O) groups is 3.